The van der Waals surface area contributed by atoms with Gasteiger partial charge < -0.3 is 0 Å². The molecule has 0 radical (unpaired) electrons. The van der Waals surface area contributed by atoms with E-state index in [-0.39, 0.29) is 16.3 Å². The number of benzene rings is 2. The van der Waals surface area contributed by atoms with Gasteiger partial charge in [0.05, 0.1) is 10.5 Å². The second-order valence-electron chi connectivity index (χ2n) is 4.60. The molecule has 0 bridgehead atoms. The maximum atomic E-state index is 13.7. The first-order valence-electron chi connectivity index (χ1n) is 6.32. The lowest BCUT2D eigenvalue weighted by Crippen LogP contribution is -2.14. The highest BCUT2D eigenvalue weighted by Gasteiger charge is 2.15. The van der Waals surface area contributed by atoms with Gasteiger partial charge in [-0.15, -0.1) is 0 Å². The molecule has 0 aliphatic rings. The molecule has 0 aromatic heterocycles. The van der Waals surface area contributed by atoms with Gasteiger partial charge in [0.15, 0.2) is 16.2 Å². The Hall–Kier alpha value is -1.79. The molecule has 3 nitrogen and oxygen atoms in total. The van der Waals surface area contributed by atoms with E-state index in [1.54, 1.807) is 24.3 Å². The van der Waals surface area contributed by atoms with Crippen LogP contribution in [0, 0.1) is 25.5 Å². The number of aryl methyl sites for hydroxylation is 1. The van der Waals surface area contributed by atoms with Crippen LogP contribution in [0.15, 0.2) is 46.4 Å². The van der Waals surface area contributed by atoms with E-state index in [4.69, 9.17) is 11.6 Å². The standard InChI is InChI=1S/C15H13ClF2N2OS/c1-9-3-5-11(6-4-9)22(21)20-19-15(16)14-10(2)12(17)7-8-13(14)18/h3-8,20H,1-2H3/b19-15-. The van der Waals surface area contributed by atoms with Crippen LogP contribution in [0.1, 0.15) is 16.7 Å². The van der Waals surface area contributed by atoms with E-state index >= 15 is 0 Å². The molecule has 0 aliphatic heterocycles. The molecule has 2 aromatic rings. The molecule has 0 amide bonds. The molecule has 2 aromatic carbocycles. The number of rotatable bonds is 4. The van der Waals surface area contributed by atoms with Crippen molar-refractivity contribution in [2.75, 3.05) is 0 Å². The average Bonchev–Trinajstić information content (AvgIpc) is 2.49. The highest BCUT2D eigenvalue weighted by atomic mass is 35.5. The molecule has 0 fully saturated rings. The molecule has 1 unspecified atom stereocenters. The first-order valence-corrected chi connectivity index (χ1v) is 7.85. The van der Waals surface area contributed by atoms with Crippen LogP contribution in [0.5, 0.6) is 0 Å². The monoisotopic (exact) mass is 342 g/mol. The molecular weight excluding hydrogens is 330 g/mol. The van der Waals surface area contributed by atoms with Crippen molar-refractivity contribution in [3.63, 3.8) is 0 Å². The summed E-state index contributed by atoms with van der Waals surface area (Å²) in [4.78, 5) is 2.83. The van der Waals surface area contributed by atoms with Crippen molar-refractivity contribution >= 4 is 27.8 Å². The van der Waals surface area contributed by atoms with E-state index in [2.05, 4.69) is 9.93 Å². The summed E-state index contributed by atoms with van der Waals surface area (Å²) in [6, 6.07) is 8.93. The SMILES string of the molecule is Cc1ccc(S(=O)N/N=C(\Cl)c2c(F)ccc(F)c2C)cc1. The zero-order valence-electron chi connectivity index (χ0n) is 11.9. The Morgan fingerprint density at radius 1 is 1.09 bits per heavy atom. The van der Waals surface area contributed by atoms with Crippen LogP contribution in [0.25, 0.3) is 0 Å². The van der Waals surface area contributed by atoms with E-state index in [0.717, 1.165) is 17.7 Å². The van der Waals surface area contributed by atoms with Crippen molar-refractivity contribution in [2.45, 2.75) is 18.7 Å². The third-order valence-electron chi connectivity index (χ3n) is 3.02. The second kappa shape index (κ2) is 6.98. The van der Waals surface area contributed by atoms with Crippen LogP contribution in [0.2, 0.25) is 0 Å². The molecule has 2 rings (SSSR count). The molecule has 0 aliphatic carbocycles. The Morgan fingerprint density at radius 3 is 2.32 bits per heavy atom. The van der Waals surface area contributed by atoms with E-state index in [0.29, 0.717) is 4.90 Å². The predicted molar refractivity (Wildman–Crippen MR) is 84.2 cm³/mol. The Bertz CT molecular complexity index is 748. The maximum Gasteiger partial charge on any atom is 0.166 e. The Labute approximate surface area is 134 Å². The third-order valence-corrected chi connectivity index (χ3v) is 4.25. The molecule has 22 heavy (non-hydrogen) atoms. The highest BCUT2D eigenvalue weighted by molar-refractivity contribution is 7.83. The van der Waals surface area contributed by atoms with Gasteiger partial charge in [-0.05, 0) is 43.7 Å². The van der Waals surface area contributed by atoms with Crippen LogP contribution < -0.4 is 4.83 Å². The average molecular weight is 343 g/mol. The topological polar surface area (TPSA) is 41.5 Å². The van der Waals surface area contributed by atoms with Crippen molar-refractivity contribution in [1.82, 2.24) is 4.83 Å². The summed E-state index contributed by atoms with van der Waals surface area (Å²) in [5, 5.41) is 3.38. The van der Waals surface area contributed by atoms with Gasteiger partial charge in [-0.2, -0.15) is 5.10 Å². The summed E-state index contributed by atoms with van der Waals surface area (Å²) < 4.78 is 39.2. The minimum atomic E-state index is -1.64. The summed E-state index contributed by atoms with van der Waals surface area (Å²) >= 11 is 5.89. The van der Waals surface area contributed by atoms with Crippen molar-refractivity contribution in [2.24, 2.45) is 5.10 Å². The molecule has 1 atom stereocenters. The van der Waals surface area contributed by atoms with Gasteiger partial charge in [0.2, 0.25) is 0 Å². The molecule has 0 spiro atoms. The van der Waals surface area contributed by atoms with Gasteiger partial charge in [-0.3, -0.25) is 0 Å². The summed E-state index contributed by atoms with van der Waals surface area (Å²) in [5.41, 5.74) is 0.909. The summed E-state index contributed by atoms with van der Waals surface area (Å²) in [6.45, 7) is 3.30. The fraction of sp³-hybridized carbons (Fsp3) is 0.133. The fourth-order valence-corrected chi connectivity index (χ4v) is 2.75. The minimum absolute atomic E-state index is 0.0386. The first-order chi connectivity index (χ1) is 10.4. The van der Waals surface area contributed by atoms with E-state index in [9.17, 15) is 13.0 Å². The van der Waals surface area contributed by atoms with Gasteiger partial charge in [-0.25, -0.2) is 17.8 Å². The van der Waals surface area contributed by atoms with Crippen molar-refractivity contribution in [3.8, 4) is 0 Å². The smallest absolute Gasteiger partial charge is 0.166 e. The quantitative estimate of drug-likeness (QED) is 0.666. The van der Waals surface area contributed by atoms with Crippen LogP contribution in [0.3, 0.4) is 0 Å². The van der Waals surface area contributed by atoms with Crippen molar-refractivity contribution in [3.05, 3.63) is 64.7 Å². The molecular formula is C15H13ClF2N2OS. The molecule has 116 valence electrons. The van der Waals surface area contributed by atoms with Gasteiger partial charge >= 0.3 is 0 Å². The third kappa shape index (κ3) is 3.69. The van der Waals surface area contributed by atoms with Crippen molar-refractivity contribution < 1.29 is 13.0 Å². The lowest BCUT2D eigenvalue weighted by atomic mass is 10.1. The van der Waals surface area contributed by atoms with Crippen LogP contribution in [0.4, 0.5) is 8.78 Å². The Balaban J connectivity index is 2.22. The fourth-order valence-electron chi connectivity index (χ4n) is 1.76. The predicted octanol–water partition coefficient (Wildman–Crippen LogP) is 3.79. The molecule has 0 saturated heterocycles. The normalized spacial score (nSPS) is 13.0. The molecule has 1 N–H and O–H groups in total. The van der Waals surface area contributed by atoms with Gasteiger partial charge in [-0.1, -0.05) is 29.3 Å². The van der Waals surface area contributed by atoms with Crippen molar-refractivity contribution in [1.29, 1.82) is 0 Å². The first kappa shape index (κ1) is 16.6. The summed E-state index contributed by atoms with van der Waals surface area (Å²) in [6.07, 6.45) is 0. The second-order valence-corrected chi connectivity index (χ2v) is 6.15. The number of nitrogens with one attached hydrogen (secondary N) is 1. The largest absolute Gasteiger partial charge is 0.230 e. The zero-order valence-corrected chi connectivity index (χ0v) is 13.4. The van der Waals surface area contributed by atoms with E-state index < -0.39 is 22.6 Å². The highest BCUT2D eigenvalue weighted by Crippen LogP contribution is 2.19. The molecule has 7 heteroatoms. The lowest BCUT2D eigenvalue weighted by Gasteiger charge is -2.07. The number of hydrogen-bond donors (Lipinski definition) is 1. The van der Waals surface area contributed by atoms with Crippen LogP contribution >= 0.6 is 11.6 Å². The van der Waals surface area contributed by atoms with Gasteiger partial charge in [0.25, 0.3) is 0 Å². The zero-order chi connectivity index (χ0) is 16.3. The van der Waals surface area contributed by atoms with Crippen LogP contribution in [-0.4, -0.2) is 9.38 Å². The minimum Gasteiger partial charge on any atom is -0.230 e. The Morgan fingerprint density at radius 2 is 1.68 bits per heavy atom. The van der Waals surface area contributed by atoms with Gasteiger partial charge in [0.1, 0.15) is 11.6 Å². The molecule has 0 heterocycles. The number of halogens is 3. The van der Waals surface area contributed by atoms with E-state index in [1.165, 1.54) is 6.92 Å². The summed E-state index contributed by atoms with van der Waals surface area (Å²) in [7, 11) is -1.64. The maximum absolute atomic E-state index is 13.7. The summed E-state index contributed by atoms with van der Waals surface area (Å²) in [5.74, 6) is -1.29. The lowest BCUT2D eigenvalue weighted by molar-refractivity contribution is 0.590. The number of hydrogen-bond acceptors (Lipinski definition) is 2. The number of hydrazone groups is 1. The van der Waals surface area contributed by atoms with Crippen LogP contribution in [-0.2, 0) is 11.0 Å². The number of nitrogens with zero attached hydrogens (tertiary/aromatic N) is 1. The molecule has 0 saturated carbocycles. The van der Waals surface area contributed by atoms with Gasteiger partial charge in [0, 0.05) is 0 Å². The Kier molecular flexibility index (Phi) is 5.26. The van der Waals surface area contributed by atoms with E-state index in [1.807, 2.05) is 6.92 Å².